The second-order valence-electron chi connectivity index (χ2n) is 2.77. The number of benzene rings is 1. The van der Waals surface area contributed by atoms with E-state index in [0.29, 0.717) is 10.9 Å². The second-order valence-corrected chi connectivity index (χ2v) is 2.77. The molecule has 0 atom stereocenters. The molecule has 70 valence electrons. The fourth-order valence-electron chi connectivity index (χ4n) is 1.19. The summed E-state index contributed by atoms with van der Waals surface area (Å²) >= 11 is 0. The van der Waals surface area contributed by atoms with Gasteiger partial charge in [-0.15, -0.1) is 0 Å². The Labute approximate surface area is 78.2 Å². The number of nitro benzene ring substituents is 1. The van der Waals surface area contributed by atoms with Crippen LogP contribution in [0.2, 0.25) is 0 Å². The van der Waals surface area contributed by atoms with E-state index >= 15 is 0 Å². The standard InChI is InChI=1S/C9H5FN2O2/c10-9-4-2-6-1-3-7(12(13)14)5-8(6)11-9/h1-5H. The highest BCUT2D eigenvalue weighted by atomic mass is 19.1. The van der Waals surface area contributed by atoms with Crippen LogP contribution in [-0.2, 0) is 0 Å². The molecule has 14 heavy (non-hydrogen) atoms. The Bertz CT molecular complexity index is 513. The zero-order valence-corrected chi connectivity index (χ0v) is 6.98. The first-order valence-corrected chi connectivity index (χ1v) is 3.87. The first kappa shape index (κ1) is 8.55. The first-order valence-electron chi connectivity index (χ1n) is 3.87. The van der Waals surface area contributed by atoms with Crippen LogP contribution in [0.1, 0.15) is 0 Å². The summed E-state index contributed by atoms with van der Waals surface area (Å²) in [6, 6.07) is 6.90. The predicted octanol–water partition coefficient (Wildman–Crippen LogP) is 2.28. The molecule has 1 aromatic heterocycles. The second kappa shape index (κ2) is 3.02. The highest BCUT2D eigenvalue weighted by Gasteiger charge is 2.06. The van der Waals surface area contributed by atoms with Crippen LogP contribution >= 0.6 is 0 Å². The zero-order valence-electron chi connectivity index (χ0n) is 6.98. The molecule has 0 fully saturated rings. The van der Waals surface area contributed by atoms with Crippen LogP contribution in [0.5, 0.6) is 0 Å². The molecule has 2 rings (SSSR count). The van der Waals surface area contributed by atoms with Gasteiger partial charge in [0.2, 0.25) is 5.95 Å². The molecule has 0 saturated heterocycles. The highest BCUT2D eigenvalue weighted by Crippen LogP contribution is 2.18. The Morgan fingerprint density at radius 2 is 2.00 bits per heavy atom. The lowest BCUT2D eigenvalue weighted by molar-refractivity contribution is -0.384. The maximum absolute atomic E-state index is 12.7. The molecule has 0 aliphatic rings. The topological polar surface area (TPSA) is 56.0 Å². The molecular weight excluding hydrogens is 187 g/mol. The molecule has 0 unspecified atom stereocenters. The molecule has 0 N–H and O–H groups in total. The summed E-state index contributed by atoms with van der Waals surface area (Å²) in [4.78, 5) is 13.4. The van der Waals surface area contributed by atoms with Gasteiger partial charge in [-0.1, -0.05) is 0 Å². The van der Waals surface area contributed by atoms with E-state index in [1.54, 1.807) is 6.07 Å². The molecular formula is C9H5FN2O2. The van der Waals surface area contributed by atoms with E-state index in [2.05, 4.69) is 4.98 Å². The number of fused-ring (bicyclic) bond motifs is 1. The molecule has 1 heterocycles. The average molecular weight is 192 g/mol. The van der Waals surface area contributed by atoms with Crippen LogP contribution in [0.4, 0.5) is 10.1 Å². The largest absolute Gasteiger partial charge is 0.271 e. The summed E-state index contributed by atoms with van der Waals surface area (Å²) in [5.74, 6) is -0.641. The van der Waals surface area contributed by atoms with Crippen LogP contribution in [-0.4, -0.2) is 9.91 Å². The fraction of sp³-hybridized carbons (Fsp3) is 0. The Kier molecular flexibility index (Phi) is 1.85. The van der Waals surface area contributed by atoms with E-state index in [4.69, 9.17) is 0 Å². The molecule has 0 bridgehead atoms. The smallest absolute Gasteiger partial charge is 0.258 e. The van der Waals surface area contributed by atoms with Crippen LogP contribution in [0.3, 0.4) is 0 Å². The van der Waals surface area contributed by atoms with Crippen LogP contribution < -0.4 is 0 Å². The van der Waals surface area contributed by atoms with Gasteiger partial charge in [0.05, 0.1) is 10.4 Å². The van der Waals surface area contributed by atoms with Gasteiger partial charge in [0.25, 0.3) is 5.69 Å². The molecule has 0 radical (unpaired) electrons. The zero-order chi connectivity index (χ0) is 10.1. The van der Waals surface area contributed by atoms with Crippen molar-refractivity contribution in [1.82, 2.24) is 4.98 Å². The first-order chi connectivity index (χ1) is 6.66. The summed E-state index contributed by atoms with van der Waals surface area (Å²) in [7, 11) is 0. The van der Waals surface area contributed by atoms with Crippen molar-refractivity contribution >= 4 is 16.6 Å². The van der Waals surface area contributed by atoms with Gasteiger partial charge in [0.15, 0.2) is 0 Å². The van der Waals surface area contributed by atoms with Crippen molar-refractivity contribution in [3.05, 3.63) is 46.4 Å². The normalized spacial score (nSPS) is 10.4. The lowest BCUT2D eigenvalue weighted by Crippen LogP contribution is -1.89. The van der Waals surface area contributed by atoms with Gasteiger partial charge in [0.1, 0.15) is 0 Å². The number of hydrogen-bond donors (Lipinski definition) is 0. The molecule has 4 nitrogen and oxygen atoms in total. The van der Waals surface area contributed by atoms with Crippen molar-refractivity contribution in [3.8, 4) is 0 Å². The molecule has 0 aliphatic carbocycles. The Hall–Kier alpha value is -2.04. The van der Waals surface area contributed by atoms with E-state index in [1.807, 2.05) is 0 Å². The summed E-state index contributed by atoms with van der Waals surface area (Å²) < 4.78 is 12.7. The maximum Gasteiger partial charge on any atom is 0.271 e. The molecule has 0 amide bonds. The van der Waals surface area contributed by atoms with Crippen molar-refractivity contribution in [3.63, 3.8) is 0 Å². The third-order valence-corrected chi connectivity index (χ3v) is 1.85. The Morgan fingerprint density at radius 1 is 1.29 bits per heavy atom. The number of nitrogens with zero attached hydrogens (tertiary/aromatic N) is 2. The summed E-state index contributed by atoms with van der Waals surface area (Å²) in [6.07, 6.45) is 0. The van der Waals surface area contributed by atoms with E-state index in [1.165, 1.54) is 24.3 Å². The van der Waals surface area contributed by atoms with Crippen LogP contribution in [0, 0.1) is 16.1 Å². The number of rotatable bonds is 1. The number of hydrogen-bond acceptors (Lipinski definition) is 3. The minimum absolute atomic E-state index is 0.0874. The molecule has 0 aliphatic heterocycles. The van der Waals surface area contributed by atoms with E-state index in [0.717, 1.165) is 0 Å². The Balaban J connectivity index is 2.69. The maximum atomic E-state index is 12.7. The van der Waals surface area contributed by atoms with Gasteiger partial charge in [-0.05, 0) is 18.2 Å². The summed E-state index contributed by atoms with van der Waals surface area (Å²) in [5, 5.41) is 11.1. The predicted molar refractivity (Wildman–Crippen MR) is 48.4 cm³/mol. The summed E-state index contributed by atoms with van der Waals surface area (Å²) in [5.41, 5.74) is 0.204. The van der Waals surface area contributed by atoms with Crippen molar-refractivity contribution in [2.75, 3.05) is 0 Å². The van der Waals surface area contributed by atoms with E-state index in [9.17, 15) is 14.5 Å². The highest BCUT2D eigenvalue weighted by molar-refractivity contribution is 5.80. The van der Waals surface area contributed by atoms with Crippen LogP contribution in [0.25, 0.3) is 10.9 Å². The molecule has 5 heteroatoms. The Morgan fingerprint density at radius 3 is 2.71 bits per heavy atom. The number of halogens is 1. The third kappa shape index (κ3) is 1.39. The molecule has 1 aromatic carbocycles. The SMILES string of the molecule is O=[N+]([O-])c1ccc2ccc(F)nc2c1. The lowest BCUT2D eigenvalue weighted by atomic mass is 10.2. The van der Waals surface area contributed by atoms with Gasteiger partial charge in [-0.25, -0.2) is 4.98 Å². The van der Waals surface area contributed by atoms with E-state index < -0.39 is 10.9 Å². The number of non-ortho nitro benzene ring substituents is 1. The van der Waals surface area contributed by atoms with Gasteiger partial charge in [-0.3, -0.25) is 10.1 Å². The van der Waals surface area contributed by atoms with Crippen molar-refractivity contribution < 1.29 is 9.31 Å². The molecule has 0 saturated carbocycles. The van der Waals surface area contributed by atoms with Crippen molar-refractivity contribution in [2.45, 2.75) is 0 Å². The van der Waals surface area contributed by atoms with Crippen molar-refractivity contribution in [1.29, 1.82) is 0 Å². The van der Waals surface area contributed by atoms with Gasteiger partial charge in [0, 0.05) is 17.5 Å². The van der Waals surface area contributed by atoms with Gasteiger partial charge < -0.3 is 0 Å². The summed E-state index contributed by atoms with van der Waals surface area (Å²) in [6.45, 7) is 0. The molecule has 2 aromatic rings. The number of aromatic nitrogens is 1. The quantitative estimate of drug-likeness (QED) is 0.395. The average Bonchev–Trinajstić information content (AvgIpc) is 2.16. The van der Waals surface area contributed by atoms with Crippen molar-refractivity contribution in [2.24, 2.45) is 0 Å². The molecule has 0 spiro atoms. The minimum atomic E-state index is -0.641. The van der Waals surface area contributed by atoms with Gasteiger partial charge >= 0.3 is 0 Å². The third-order valence-electron chi connectivity index (χ3n) is 1.85. The van der Waals surface area contributed by atoms with Gasteiger partial charge in [-0.2, -0.15) is 4.39 Å². The monoisotopic (exact) mass is 192 g/mol. The minimum Gasteiger partial charge on any atom is -0.258 e. The number of nitro groups is 1. The lowest BCUT2D eigenvalue weighted by Gasteiger charge is -1.96. The number of pyridine rings is 1. The van der Waals surface area contributed by atoms with E-state index in [-0.39, 0.29) is 5.69 Å². The fourth-order valence-corrected chi connectivity index (χ4v) is 1.19. The van der Waals surface area contributed by atoms with Crippen LogP contribution in [0.15, 0.2) is 30.3 Å².